The van der Waals surface area contributed by atoms with E-state index in [4.69, 9.17) is 0 Å². The molecule has 0 bridgehead atoms. The van der Waals surface area contributed by atoms with Crippen LogP contribution in [0.25, 0.3) is 0 Å². The Morgan fingerprint density at radius 2 is 2.00 bits per heavy atom. The number of aromatic nitrogens is 3. The monoisotopic (exact) mass is 296 g/mol. The molecule has 4 nitrogen and oxygen atoms in total. The van der Waals surface area contributed by atoms with Gasteiger partial charge in [0.1, 0.15) is 0 Å². The van der Waals surface area contributed by atoms with Crippen molar-refractivity contribution in [3.8, 4) is 0 Å². The number of nitrogens with zero attached hydrogens (tertiary/aromatic N) is 3. The zero-order valence-corrected chi connectivity index (χ0v) is 11.7. The highest BCUT2D eigenvalue weighted by molar-refractivity contribution is 5.36. The van der Waals surface area contributed by atoms with E-state index in [0.29, 0.717) is 13.0 Å². The first-order valence-corrected chi connectivity index (χ1v) is 6.71. The van der Waals surface area contributed by atoms with Crippen molar-refractivity contribution in [3.63, 3.8) is 0 Å². The molecule has 1 N–H and O–H groups in total. The van der Waals surface area contributed by atoms with Gasteiger partial charge in [0, 0.05) is 6.54 Å². The van der Waals surface area contributed by atoms with Gasteiger partial charge in [-0.2, -0.15) is 18.2 Å². The van der Waals surface area contributed by atoms with E-state index in [-0.39, 0.29) is 12.0 Å². The van der Waals surface area contributed by atoms with Gasteiger partial charge in [0.25, 0.3) is 5.82 Å². The smallest absolute Gasteiger partial charge is 0.354 e. The van der Waals surface area contributed by atoms with Crippen molar-refractivity contribution in [1.82, 2.24) is 14.8 Å². The summed E-state index contributed by atoms with van der Waals surface area (Å²) in [5.41, 5.74) is 3.23. The number of rotatable bonds is 1. The van der Waals surface area contributed by atoms with Crippen LogP contribution in [-0.4, -0.2) is 21.3 Å². The Morgan fingerprint density at radius 1 is 1.24 bits per heavy atom. The fourth-order valence-electron chi connectivity index (χ4n) is 2.50. The fourth-order valence-corrected chi connectivity index (χ4v) is 2.50. The molecular formula is C14H15F3N4. The number of nitrogens with one attached hydrogen (secondary N) is 1. The molecule has 0 saturated heterocycles. The average molecular weight is 296 g/mol. The van der Waals surface area contributed by atoms with Gasteiger partial charge in [0.2, 0.25) is 5.95 Å². The second-order valence-electron chi connectivity index (χ2n) is 5.28. The molecule has 0 radical (unpaired) electrons. The number of alkyl halides is 3. The maximum Gasteiger partial charge on any atom is 0.453 e. The molecule has 1 aromatic heterocycles. The number of hydrogen-bond donors (Lipinski definition) is 1. The summed E-state index contributed by atoms with van der Waals surface area (Å²) in [4.78, 5) is 3.55. The summed E-state index contributed by atoms with van der Waals surface area (Å²) in [6.45, 7) is 4.57. The molecule has 0 saturated carbocycles. The Balaban J connectivity index is 2.03. The van der Waals surface area contributed by atoms with E-state index in [2.05, 4.69) is 15.4 Å². The molecular weight excluding hydrogens is 281 g/mol. The molecule has 21 heavy (non-hydrogen) atoms. The standard InChI is InChI=1S/C14H15F3N4/c1-8-3-4-10(7-9(8)2)11-5-6-18-13-19-12(14(15,16)17)20-21(11)13/h3-4,7,11H,5-6H2,1-2H3,(H,18,19,20). The molecule has 1 atom stereocenters. The number of benzene rings is 1. The van der Waals surface area contributed by atoms with E-state index in [1.807, 2.05) is 32.0 Å². The van der Waals surface area contributed by atoms with Gasteiger partial charge >= 0.3 is 6.18 Å². The lowest BCUT2D eigenvalue weighted by Gasteiger charge is -2.25. The van der Waals surface area contributed by atoms with E-state index in [9.17, 15) is 13.2 Å². The minimum atomic E-state index is -4.53. The van der Waals surface area contributed by atoms with Crippen LogP contribution in [0.2, 0.25) is 0 Å². The third-order valence-electron chi connectivity index (χ3n) is 3.80. The van der Waals surface area contributed by atoms with E-state index in [1.165, 1.54) is 4.68 Å². The van der Waals surface area contributed by atoms with E-state index in [0.717, 1.165) is 16.7 Å². The van der Waals surface area contributed by atoms with Crippen LogP contribution in [0.15, 0.2) is 18.2 Å². The van der Waals surface area contributed by atoms with Crippen molar-refractivity contribution in [2.24, 2.45) is 0 Å². The number of anilines is 1. The number of hydrogen-bond acceptors (Lipinski definition) is 3. The van der Waals surface area contributed by atoms with Crippen LogP contribution in [-0.2, 0) is 6.18 Å². The van der Waals surface area contributed by atoms with Crippen molar-refractivity contribution < 1.29 is 13.2 Å². The first kappa shape index (κ1) is 13.9. The molecule has 3 rings (SSSR count). The van der Waals surface area contributed by atoms with E-state index >= 15 is 0 Å². The molecule has 1 unspecified atom stereocenters. The van der Waals surface area contributed by atoms with E-state index in [1.54, 1.807) is 0 Å². The zero-order chi connectivity index (χ0) is 15.2. The normalized spacial score (nSPS) is 18.2. The molecule has 2 heterocycles. The topological polar surface area (TPSA) is 42.7 Å². The van der Waals surface area contributed by atoms with Crippen molar-refractivity contribution in [2.75, 3.05) is 11.9 Å². The largest absolute Gasteiger partial charge is 0.453 e. The van der Waals surface area contributed by atoms with Gasteiger partial charge < -0.3 is 5.32 Å². The highest BCUT2D eigenvalue weighted by atomic mass is 19.4. The predicted octanol–water partition coefficient (Wildman–Crippen LogP) is 3.32. The van der Waals surface area contributed by atoms with Crippen molar-refractivity contribution >= 4 is 5.95 Å². The average Bonchev–Trinajstić information content (AvgIpc) is 2.86. The van der Waals surface area contributed by atoms with Crippen molar-refractivity contribution in [3.05, 3.63) is 40.7 Å². The molecule has 1 aromatic carbocycles. The van der Waals surface area contributed by atoms with Crippen molar-refractivity contribution in [1.29, 1.82) is 0 Å². The second-order valence-corrected chi connectivity index (χ2v) is 5.28. The molecule has 1 aliphatic heterocycles. The summed E-state index contributed by atoms with van der Waals surface area (Å²) < 4.78 is 39.6. The third kappa shape index (κ3) is 2.48. The maximum atomic E-state index is 12.8. The molecule has 1 aliphatic rings. The molecule has 2 aromatic rings. The highest BCUT2D eigenvalue weighted by Crippen LogP contribution is 2.33. The van der Waals surface area contributed by atoms with Crippen LogP contribution in [0.3, 0.4) is 0 Å². The molecule has 0 fully saturated rings. The summed E-state index contributed by atoms with van der Waals surface area (Å²) in [5.74, 6) is -0.919. The van der Waals surface area contributed by atoms with Gasteiger partial charge in [-0.25, -0.2) is 4.68 Å². The van der Waals surface area contributed by atoms with Gasteiger partial charge in [0.05, 0.1) is 6.04 Å². The lowest BCUT2D eigenvalue weighted by atomic mass is 9.98. The number of halogens is 3. The third-order valence-corrected chi connectivity index (χ3v) is 3.80. The van der Waals surface area contributed by atoms with Gasteiger partial charge in [-0.3, -0.25) is 0 Å². The first-order valence-electron chi connectivity index (χ1n) is 6.71. The Kier molecular flexibility index (Phi) is 3.15. The SMILES string of the molecule is Cc1ccc(C2CCNc3nc(C(F)(F)F)nn32)cc1C. The first-order chi connectivity index (χ1) is 9.86. The van der Waals surface area contributed by atoms with Crippen LogP contribution in [0.4, 0.5) is 19.1 Å². The Labute approximate surface area is 120 Å². The lowest BCUT2D eigenvalue weighted by Crippen LogP contribution is -2.25. The minimum absolute atomic E-state index is 0.178. The fraction of sp³-hybridized carbons (Fsp3) is 0.429. The Hall–Kier alpha value is -2.05. The van der Waals surface area contributed by atoms with Gasteiger partial charge in [-0.1, -0.05) is 18.2 Å². The van der Waals surface area contributed by atoms with Crippen LogP contribution in [0, 0.1) is 13.8 Å². The molecule has 0 aliphatic carbocycles. The summed E-state index contributed by atoms with van der Waals surface area (Å²) >= 11 is 0. The maximum absolute atomic E-state index is 12.8. The van der Waals surface area contributed by atoms with Crippen LogP contribution < -0.4 is 5.32 Å². The van der Waals surface area contributed by atoms with Crippen molar-refractivity contribution in [2.45, 2.75) is 32.5 Å². The Morgan fingerprint density at radius 3 is 2.67 bits per heavy atom. The lowest BCUT2D eigenvalue weighted by molar-refractivity contribution is -0.145. The molecule has 7 heteroatoms. The van der Waals surface area contributed by atoms with Gasteiger partial charge in [-0.05, 0) is 37.0 Å². The molecule has 0 amide bonds. The summed E-state index contributed by atoms with van der Waals surface area (Å²) in [5, 5.41) is 6.52. The van der Waals surface area contributed by atoms with Gasteiger partial charge in [0.15, 0.2) is 0 Å². The number of aryl methyl sites for hydroxylation is 2. The van der Waals surface area contributed by atoms with E-state index < -0.39 is 12.0 Å². The molecule has 0 spiro atoms. The number of fused-ring (bicyclic) bond motifs is 1. The summed E-state index contributed by atoms with van der Waals surface area (Å²) in [6, 6.07) is 5.71. The highest BCUT2D eigenvalue weighted by Gasteiger charge is 2.38. The summed E-state index contributed by atoms with van der Waals surface area (Å²) in [6.07, 6.45) is -3.85. The van der Waals surface area contributed by atoms with Gasteiger partial charge in [-0.15, -0.1) is 5.10 Å². The van der Waals surface area contributed by atoms with Crippen LogP contribution >= 0.6 is 0 Å². The van der Waals surface area contributed by atoms with Crippen LogP contribution in [0.1, 0.15) is 35.0 Å². The second kappa shape index (κ2) is 4.75. The van der Waals surface area contributed by atoms with Crippen LogP contribution in [0.5, 0.6) is 0 Å². The molecule has 112 valence electrons. The minimum Gasteiger partial charge on any atom is -0.354 e. The Bertz CT molecular complexity index is 675. The zero-order valence-electron chi connectivity index (χ0n) is 11.7. The quantitative estimate of drug-likeness (QED) is 0.878. The predicted molar refractivity (Wildman–Crippen MR) is 72.2 cm³/mol. The summed E-state index contributed by atoms with van der Waals surface area (Å²) in [7, 11) is 0.